The Bertz CT molecular complexity index is 2950. The maximum Gasteiger partial charge on any atom is 0.138 e. The minimum Gasteiger partial charge on any atom is -0.310 e. The zero-order chi connectivity index (χ0) is 37.8. The summed E-state index contributed by atoms with van der Waals surface area (Å²) in [6.07, 6.45) is 1.90. The second kappa shape index (κ2) is 13.3. The molecule has 0 atom stereocenters. The van der Waals surface area contributed by atoms with Crippen molar-refractivity contribution in [3.05, 3.63) is 241 Å². The van der Waals surface area contributed by atoms with Gasteiger partial charge in [0.15, 0.2) is 0 Å². The number of hydrogen-bond acceptors (Lipinski definition) is 3. The molecule has 7 aromatic carbocycles. The van der Waals surface area contributed by atoms with E-state index in [1.807, 2.05) is 12.3 Å². The van der Waals surface area contributed by atoms with Crippen LogP contribution in [0.2, 0.25) is 0 Å². The Hall–Kier alpha value is -7.56. The first-order valence-corrected chi connectivity index (χ1v) is 19.4. The van der Waals surface area contributed by atoms with Gasteiger partial charge in [-0.1, -0.05) is 158 Å². The second-order valence-corrected chi connectivity index (χ2v) is 14.6. The third-order valence-electron chi connectivity index (χ3n) is 11.5. The Balaban J connectivity index is 1.29. The molecule has 0 saturated heterocycles. The highest BCUT2D eigenvalue weighted by molar-refractivity contribution is 6.10. The van der Waals surface area contributed by atoms with Gasteiger partial charge in [-0.25, -0.2) is 4.98 Å². The molecule has 0 spiro atoms. The van der Waals surface area contributed by atoms with E-state index in [0.29, 0.717) is 0 Å². The van der Waals surface area contributed by atoms with Crippen LogP contribution in [0.4, 0.5) is 17.1 Å². The van der Waals surface area contributed by atoms with E-state index < -0.39 is 5.41 Å². The van der Waals surface area contributed by atoms with E-state index in [1.54, 1.807) is 0 Å². The minimum absolute atomic E-state index is 0.636. The van der Waals surface area contributed by atoms with Crippen LogP contribution in [-0.4, -0.2) is 14.5 Å². The van der Waals surface area contributed by atoms with Crippen molar-refractivity contribution >= 4 is 39.0 Å². The van der Waals surface area contributed by atoms with Crippen molar-refractivity contribution in [2.24, 2.45) is 0 Å². The number of para-hydroxylation sites is 2. The Morgan fingerprint density at radius 2 is 1.02 bits per heavy atom. The lowest BCUT2D eigenvalue weighted by molar-refractivity contribution is 0.732. The average molecular weight is 729 g/mol. The molecule has 1 aliphatic heterocycles. The maximum atomic E-state index is 5.44. The molecule has 0 aliphatic carbocycles. The molecule has 0 bridgehead atoms. The molecule has 0 unspecified atom stereocenters. The number of fused-ring (bicyclic) bond motifs is 5. The predicted octanol–water partition coefficient (Wildman–Crippen LogP) is 13.1. The van der Waals surface area contributed by atoms with Gasteiger partial charge >= 0.3 is 0 Å². The molecule has 4 heteroatoms. The van der Waals surface area contributed by atoms with Crippen LogP contribution in [0.15, 0.2) is 219 Å². The Labute approximate surface area is 331 Å². The molecule has 11 rings (SSSR count). The number of anilines is 3. The molecule has 0 saturated carbocycles. The van der Waals surface area contributed by atoms with Gasteiger partial charge in [-0.2, -0.15) is 0 Å². The largest absolute Gasteiger partial charge is 0.310 e. The molecule has 1 aliphatic rings. The quantitative estimate of drug-likeness (QED) is 0.171. The van der Waals surface area contributed by atoms with Crippen LogP contribution in [0, 0.1) is 0 Å². The van der Waals surface area contributed by atoms with Crippen LogP contribution < -0.4 is 4.90 Å². The highest BCUT2D eigenvalue weighted by atomic mass is 15.2. The van der Waals surface area contributed by atoms with Crippen molar-refractivity contribution in [1.29, 1.82) is 0 Å². The number of pyridine rings is 2. The van der Waals surface area contributed by atoms with Crippen molar-refractivity contribution in [2.75, 3.05) is 4.90 Å². The number of nitrogens with zero attached hydrogens (tertiary/aromatic N) is 4. The lowest BCUT2D eigenvalue weighted by Gasteiger charge is -2.46. The molecule has 3 aromatic heterocycles. The van der Waals surface area contributed by atoms with E-state index in [2.05, 4.69) is 216 Å². The number of aromatic nitrogens is 3. The zero-order valence-corrected chi connectivity index (χ0v) is 31.1. The normalized spacial score (nSPS) is 13.0. The van der Waals surface area contributed by atoms with E-state index in [0.717, 1.165) is 67.2 Å². The Morgan fingerprint density at radius 3 is 1.70 bits per heavy atom. The van der Waals surface area contributed by atoms with Crippen molar-refractivity contribution in [1.82, 2.24) is 14.5 Å². The molecule has 0 N–H and O–H groups in total. The molecule has 0 amide bonds. The molecule has 57 heavy (non-hydrogen) atoms. The number of hydrogen-bond donors (Lipinski definition) is 0. The fourth-order valence-corrected chi connectivity index (χ4v) is 9.06. The Morgan fingerprint density at radius 1 is 0.421 bits per heavy atom. The molecule has 268 valence electrons. The summed E-state index contributed by atoms with van der Waals surface area (Å²) in [6, 6.07) is 76.1. The van der Waals surface area contributed by atoms with Crippen LogP contribution >= 0.6 is 0 Å². The molecule has 10 aromatic rings. The molecular formula is C53H36N4. The summed E-state index contributed by atoms with van der Waals surface area (Å²) in [7, 11) is 0. The first-order chi connectivity index (χ1) is 28.3. The van der Waals surface area contributed by atoms with Crippen molar-refractivity contribution in [3.63, 3.8) is 0 Å². The molecule has 0 radical (unpaired) electrons. The lowest BCUT2D eigenvalue weighted by atomic mass is 9.62. The average Bonchev–Trinajstić information content (AvgIpc) is 3.62. The molecular weight excluding hydrogens is 693 g/mol. The minimum atomic E-state index is -0.636. The van der Waals surface area contributed by atoms with Crippen LogP contribution in [0.3, 0.4) is 0 Å². The predicted molar refractivity (Wildman–Crippen MR) is 234 cm³/mol. The summed E-state index contributed by atoms with van der Waals surface area (Å²) in [5, 5.41) is 1.07. The molecule has 4 heterocycles. The van der Waals surface area contributed by atoms with Gasteiger partial charge in [-0.15, -0.1) is 0 Å². The van der Waals surface area contributed by atoms with E-state index in [1.165, 1.54) is 22.3 Å². The van der Waals surface area contributed by atoms with Gasteiger partial charge in [0.25, 0.3) is 0 Å². The zero-order valence-electron chi connectivity index (χ0n) is 31.1. The fourth-order valence-electron chi connectivity index (χ4n) is 9.06. The summed E-state index contributed by atoms with van der Waals surface area (Å²) in [5.74, 6) is 0.836. The van der Waals surface area contributed by atoms with Crippen LogP contribution in [-0.2, 0) is 5.41 Å². The van der Waals surface area contributed by atoms with Crippen LogP contribution in [0.5, 0.6) is 0 Å². The summed E-state index contributed by atoms with van der Waals surface area (Å²) >= 11 is 0. The smallest absolute Gasteiger partial charge is 0.138 e. The van der Waals surface area contributed by atoms with Crippen LogP contribution in [0.1, 0.15) is 22.3 Å². The lowest BCUT2D eigenvalue weighted by Crippen LogP contribution is -2.37. The highest BCUT2D eigenvalue weighted by Gasteiger charge is 2.47. The standard InChI is InChI=1S/C53H36N4/c1-6-19-37(20-7-1)39-33-46(38-21-8-2-9-22-38)55-51(34-39)57-48-31-18-32-54-52(48)43-35-45-50(36-49(43)57)56(42-27-14-5-15-28-42)47-30-17-16-29-44(47)53(45,40-23-10-3-11-24-40)41-25-12-4-13-26-41/h1-36H. The van der Waals surface area contributed by atoms with Crippen molar-refractivity contribution < 1.29 is 0 Å². The maximum absolute atomic E-state index is 5.44. The number of benzene rings is 7. The van der Waals surface area contributed by atoms with E-state index >= 15 is 0 Å². The van der Waals surface area contributed by atoms with E-state index in [9.17, 15) is 0 Å². The first-order valence-electron chi connectivity index (χ1n) is 19.4. The van der Waals surface area contributed by atoms with Gasteiger partial charge < -0.3 is 4.90 Å². The topological polar surface area (TPSA) is 34.0 Å². The van der Waals surface area contributed by atoms with Gasteiger partial charge in [-0.05, 0) is 88.0 Å². The fraction of sp³-hybridized carbons (Fsp3) is 0.0189. The van der Waals surface area contributed by atoms with Gasteiger partial charge in [0, 0.05) is 22.8 Å². The van der Waals surface area contributed by atoms with E-state index in [-0.39, 0.29) is 0 Å². The van der Waals surface area contributed by atoms with Crippen molar-refractivity contribution in [2.45, 2.75) is 5.41 Å². The van der Waals surface area contributed by atoms with Gasteiger partial charge in [-0.3, -0.25) is 9.55 Å². The highest BCUT2D eigenvalue weighted by Crippen LogP contribution is 2.58. The second-order valence-electron chi connectivity index (χ2n) is 14.6. The summed E-state index contributed by atoms with van der Waals surface area (Å²) in [5.41, 5.74) is 14.7. The monoisotopic (exact) mass is 728 g/mol. The number of rotatable bonds is 6. The first kappa shape index (κ1) is 32.8. The van der Waals surface area contributed by atoms with E-state index in [4.69, 9.17) is 9.97 Å². The Kier molecular flexibility index (Phi) is 7.68. The van der Waals surface area contributed by atoms with Gasteiger partial charge in [0.1, 0.15) is 5.82 Å². The molecule has 0 fully saturated rings. The molecule has 4 nitrogen and oxygen atoms in total. The van der Waals surface area contributed by atoms with Gasteiger partial charge in [0.2, 0.25) is 0 Å². The van der Waals surface area contributed by atoms with Crippen molar-refractivity contribution in [3.8, 4) is 28.2 Å². The third-order valence-corrected chi connectivity index (χ3v) is 11.5. The summed E-state index contributed by atoms with van der Waals surface area (Å²) in [4.78, 5) is 13.0. The summed E-state index contributed by atoms with van der Waals surface area (Å²) < 4.78 is 2.31. The summed E-state index contributed by atoms with van der Waals surface area (Å²) in [6.45, 7) is 0. The van der Waals surface area contributed by atoms with Crippen LogP contribution in [0.25, 0.3) is 50.1 Å². The van der Waals surface area contributed by atoms with Gasteiger partial charge in [0.05, 0.1) is 39.0 Å². The third kappa shape index (κ3) is 5.15. The SMILES string of the molecule is c1ccc(-c2cc(-c3ccccc3)nc(-n3c4cc5c(cc4c4ncccc43)C(c3ccccc3)(c3ccccc3)c3ccccc3N5c3ccccc3)c2)cc1.